The Balaban J connectivity index is 1.44. The third-order valence-corrected chi connectivity index (χ3v) is 5.06. The Morgan fingerprint density at radius 3 is 2.97 bits per heavy atom. The number of hydrogen-bond acceptors (Lipinski definition) is 7. The maximum atomic E-state index is 12.4. The highest BCUT2D eigenvalue weighted by atomic mass is 16.5. The van der Waals surface area contributed by atoms with Crippen molar-refractivity contribution in [1.29, 1.82) is 0 Å². The summed E-state index contributed by atoms with van der Waals surface area (Å²) in [6.07, 6.45) is 7.33. The number of pyridine rings is 1. The number of hydrogen-bond donors (Lipinski definition) is 4. The second kappa shape index (κ2) is 9.82. The van der Waals surface area contributed by atoms with Gasteiger partial charge in [0.05, 0.1) is 18.2 Å². The minimum Gasteiger partial charge on any atom is -0.481 e. The van der Waals surface area contributed by atoms with Crippen molar-refractivity contribution in [3.8, 4) is 5.75 Å². The van der Waals surface area contributed by atoms with E-state index in [4.69, 9.17) is 4.74 Å². The summed E-state index contributed by atoms with van der Waals surface area (Å²) in [6.45, 7) is 1.16. The highest BCUT2D eigenvalue weighted by Crippen LogP contribution is 2.36. The van der Waals surface area contributed by atoms with Crippen molar-refractivity contribution in [2.24, 2.45) is 0 Å². The van der Waals surface area contributed by atoms with Crippen LogP contribution >= 0.6 is 0 Å². The molecule has 1 aliphatic heterocycles. The molecule has 0 saturated heterocycles. The topological polar surface area (TPSA) is 132 Å². The van der Waals surface area contributed by atoms with E-state index in [1.807, 2.05) is 18.2 Å². The zero-order chi connectivity index (χ0) is 22.3. The van der Waals surface area contributed by atoms with Crippen molar-refractivity contribution in [1.82, 2.24) is 15.0 Å². The van der Waals surface area contributed by atoms with Gasteiger partial charge in [0, 0.05) is 49.6 Å². The Kier molecular flexibility index (Phi) is 6.49. The van der Waals surface area contributed by atoms with Gasteiger partial charge >= 0.3 is 5.97 Å². The minimum absolute atomic E-state index is 0.0385. The number of carboxylic acid groups (broad SMARTS) is 1. The van der Waals surface area contributed by atoms with E-state index in [-0.39, 0.29) is 18.9 Å². The molecule has 0 saturated carbocycles. The van der Waals surface area contributed by atoms with Crippen LogP contribution in [-0.2, 0) is 9.59 Å². The second-order valence-electron chi connectivity index (χ2n) is 7.32. The molecule has 3 heterocycles. The van der Waals surface area contributed by atoms with Crippen molar-refractivity contribution in [2.75, 3.05) is 35.2 Å². The second-order valence-corrected chi connectivity index (χ2v) is 7.32. The molecule has 0 radical (unpaired) electrons. The van der Waals surface area contributed by atoms with E-state index < -0.39 is 12.0 Å². The maximum Gasteiger partial charge on any atom is 0.305 e. The van der Waals surface area contributed by atoms with E-state index in [1.165, 1.54) is 0 Å². The Morgan fingerprint density at radius 2 is 2.22 bits per heavy atom. The number of carbonyl (C=O) groups is 2. The lowest BCUT2D eigenvalue weighted by Crippen LogP contribution is -2.40. The van der Waals surface area contributed by atoms with E-state index in [0.717, 1.165) is 12.0 Å². The molecule has 10 heteroatoms. The molecule has 32 heavy (non-hydrogen) atoms. The number of anilines is 3. The summed E-state index contributed by atoms with van der Waals surface area (Å²) in [6, 6.07) is 8.58. The van der Waals surface area contributed by atoms with Gasteiger partial charge in [-0.2, -0.15) is 0 Å². The van der Waals surface area contributed by atoms with Crippen LogP contribution in [-0.4, -0.2) is 51.6 Å². The lowest BCUT2D eigenvalue weighted by molar-refractivity contribution is -0.137. The smallest absolute Gasteiger partial charge is 0.305 e. The van der Waals surface area contributed by atoms with Gasteiger partial charge < -0.3 is 30.4 Å². The quantitative estimate of drug-likeness (QED) is 0.357. The van der Waals surface area contributed by atoms with E-state index in [1.54, 1.807) is 41.8 Å². The lowest BCUT2D eigenvalue weighted by atomic mass is 10.1. The van der Waals surface area contributed by atoms with Crippen LogP contribution in [0.3, 0.4) is 0 Å². The van der Waals surface area contributed by atoms with Crippen molar-refractivity contribution in [3.05, 3.63) is 60.7 Å². The van der Waals surface area contributed by atoms with Gasteiger partial charge in [0.15, 0.2) is 12.6 Å². The molecule has 1 atom stereocenters. The molecule has 166 valence electrons. The van der Waals surface area contributed by atoms with Gasteiger partial charge in [0.1, 0.15) is 5.75 Å². The van der Waals surface area contributed by atoms with Crippen LogP contribution in [0.2, 0.25) is 0 Å². The SMILES string of the molecule is O=C(O)CC(Nc1ccc2c(c1)OCC(=O)N2CCCNc1ncc[nH]1)c1cccnc1. The van der Waals surface area contributed by atoms with Gasteiger partial charge in [-0.15, -0.1) is 0 Å². The largest absolute Gasteiger partial charge is 0.481 e. The zero-order valence-corrected chi connectivity index (χ0v) is 17.3. The van der Waals surface area contributed by atoms with Gasteiger partial charge in [-0.1, -0.05) is 6.07 Å². The van der Waals surface area contributed by atoms with Gasteiger partial charge in [-0.3, -0.25) is 14.6 Å². The van der Waals surface area contributed by atoms with Crippen molar-refractivity contribution < 1.29 is 19.4 Å². The molecule has 1 aromatic carbocycles. The number of imidazole rings is 1. The highest BCUT2D eigenvalue weighted by molar-refractivity contribution is 5.98. The Hall–Kier alpha value is -4.08. The predicted molar refractivity (Wildman–Crippen MR) is 119 cm³/mol. The Labute approximate surface area is 184 Å². The molecular weight excluding hydrogens is 412 g/mol. The molecule has 0 aliphatic carbocycles. The number of aliphatic carboxylic acids is 1. The summed E-state index contributed by atoms with van der Waals surface area (Å²) in [7, 11) is 0. The van der Waals surface area contributed by atoms with Gasteiger partial charge in [-0.25, -0.2) is 4.98 Å². The average Bonchev–Trinajstić information content (AvgIpc) is 3.31. The van der Waals surface area contributed by atoms with Crippen molar-refractivity contribution in [2.45, 2.75) is 18.9 Å². The fraction of sp³-hybridized carbons (Fsp3) is 0.273. The van der Waals surface area contributed by atoms with Crippen LogP contribution in [0.25, 0.3) is 0 Å². The number of carbonyl (C=O) groups excluding carboxylic acids is 1. The molecule has 10 nitrogen and oxygen atoms in total. The van der Waals surface area contributed by atoms with E-state index in [0.29, 0.717) is 36.2 Å². The molecule has 4 N–H and O–H groups in total. The van der Waals surface area contributed by atoms with E-state index >= 15 is 0 Å². The number of nitrogens with one attached hydrogen (secondary N) is 3. The first-order chi connectivity index (χ1) is 15.6. The van der Waals surface area contributed by atoms with Crippen LogP contribution in [0.5, 0.6) is 5.75 Å². The number of fused-ring (bicyclic) bond motifs is 1. The normalized spacial score (nSPS) is 13.8. The van der Waals surface area contributed by atoms with Crippen LogP contribution in [0.1, 0.15) is 24.4 Å². The van der Waals surface area contributed by atoms with E-state index in [9.17, 15) is 14.7 Å². The number of aromatic nitrogens is 3. The molecule has 4 rings (SSSR count). The summed E-state index contributed by atoms with van der Waals surface area (Å²) in [5.41, 5.74) is 2.17. The third-order valence-electron chi connectivity index (χ3n) is 5.06. The first kappa shape index (κ1) is 21.2. The number of nitrogens with zero attached hydrogens (tertiary/aromatic N) is 3. The number of H-pyrrole nitrogens is 1. The fourth-order valence-corrected chi connectivity index (χ4v) is 3.56. The standard InChI is InChI=1S/C22H24N6O4/c29-20-14-32-19-11-16(27-17(12-21(30)31)15-3-1-6-23-13-15)4-5-18(19)28(20)10-2-7-24-22-25-8-9-26-22/h1,3-6,8-9,11,13,17,27H,2,7,10,12,14H2,(H,30,31)(H2,24,25,26). The van der Waals surface area contributed by atoms with Crippen LogP contribution in [0.4, 0.5) is 17.3 Å². The number of amides is 1. The first-order valence-electron chi connectivity index (χ1n) is 10.3. The predicted octanol–water partition coefficient (Wildman–Crippen LogP) is 2.66. The zero-order valence-electron chi connectivity index (χ0n) is 17.3. The van der Waals surface area contributed by atoms with Crippen molar-refractivity contribution in [3.63, 3.8) is 0 Å². The molecule has 1 aliphatic rings. The number of ether oxygens (including phenoxy) is 1. The Morgan fingerprint density at radius 1 is 1.31 bits per heavy atom. The fourth-order valence-electron chi connectivity index (χ4n) is 3.56. The van der Waals surface area contributed by atoms with Crippen LogP contribution in [0, 0.1) is 0 Å². The average molecular weight is 436 g/mol. The molecule has 0 spiro atoms. The van der Waals surface area contributed by atoms with Gasteiger partial charge in [-0.05, 0) is 30.2 Å². The summed E-state index contributed by atoms with van der Waals surface area (Å²) >= 11 is 0. The van der Waals surface area contributed by atoms with Crippen LogP contribution < -0.4 is 20.3 Å². The lowest BCUT2D eigenvalue weighted by Gasteiger charge is -2.30. The molecule has 1 unspecified atom stereocenters. The monoisotopic (exact) mass is 436 g/mol. The van der Waals surface area contributed by atoms with Crippen LogP contribution in [0.15, 0.2) is 55.1 Å². The number of aromatic amines is 1. The third kappa shape index (κ3) is 5.15. The number of rotatable bonds is 10. The van der Waals surface area contributed by atoms with Gasteiger partial charge in [0.25, 0.3) is 5.91 Å². The highest BCUT2D eigenvalue weighted by Gasteiger charge is 2.26. The van der Waals surface area contributed by atoms with E-state index in [2.05, 4.69) is 25.6 Å². The summed E-state index contributed by atoms with van der Waals surface area (Å²) in [5.74, 6) is 0.253. The summed E-state index contributed by atoms with van der Waals surface area (Å²) < 4.78 is 5.65. The molecule has 0 bridgehead atoms. The molecular formula is C22H24N6O4. The first-order valence-corrected chi connectivity index (χ1v) is 10.3. The molecule has 2 aromatic heterocycles. The minimum atomic E-state index is -0.916. The number of benzene rings is 1. The maximum absolute atomic E-state index is 12.4. The molecule has 3 aromatic rings. The van der Waals surface area contributed by atoms with Crippen molar-refractivity contribution >= 4 is 29.2 Å². The Bertz CT molecular complexity index is 1060. The molecule has 0 fully saturated rings. The summed E-state index contributed by atoms with van der Waals surface area (Å²) in [4.78, 5) is 36.6. The molecule has 1 amide bonds. The summed E-state index contributed by atoms with van der Waals surface area (Å²) in [5, 5.41) is 15.7. The van der Waals surface area contributed by atoms with Gasteiger partial charge in [0.2, 0.25) is 0 Å². The number of carboxylic acids is 1.